The topological polar surface area (TPSA) is 49.8 Å². The van der Waals surface area contributed by atoms with Gasteiger partial charge in [0.2, 0.25) is 0 Å². The number of nitrogens with two attached hydrogens (primary N) is 1. The lowest BCUT2D eigenvalue weighted by molar-refractivity contribution is 0.743. The highest BCUT2D eigenvalue weighted by molar-refractivity contribution is 14.1. The van der Waals surface area contributed by atoms with Gasteiger partial charge in [0.15, 0.2) is 0 Å². The van der Waals surface area contributed by atoms with E-state index in [0.29, 0.717) is 6.42 Å². The predicted molar refractivity (Wildman–Crippen MR) is 61.1 cm³/mol. The third kappa shape index (κ3) is 2.68. The molecule has 0 saturated carbocycles. The first-order valence-electron chi connectivity index (χ1n) is 4.03. The molecule has 0 aliphatic carbocycles. The quantitative estimate of drug-likeness (QED) is 0.849. The van der Waals surface area contributed by atoms with Gasteiger partial charge < -0.3 is 5.73 Å². The molecule has 0 aromatic heterocycles. The number of hydrogen-bond acceptors (Lipinski definition) is 2. The van der Waals surface area contributed by atoms with E-state index in [-0.39, 0.29) is 6.04 Å². The molecule has 0 amide bonds. The van der Waals surface area contributed by atoms with Crippen LogP contribution >= 0.6 is 22.6 Å². The maximum atomic E-state index is 8.53. The van der Waals surface area contributed by atoms with E-state index in [1.54, 1.807) is 0 Å². The zero-order chi connectivity index (χ0) is 9.84. The highest BCUT2D eigenvalue weighted by Crippen LogP contribution is 2.21. The molecule has 0 saturated heterocycles. The molecule has 2 N–H and O–H groups in total. The fourth-order valence-corrected chi connectivity index (χ4v) is 1.89. The van der Waals surface area contributed by atoms with Crippen molar-refractivity contribution in [2.45, 2.75) is 19.4 Å². The molecule has 68 valence electrons. The molecule has 0 fully saturated rings. The molecule has 0 radical (unpaired) electrons. The summed E-state index contributed by atoms with van der Waals surface area (Å²) in [6.07, 6.45) is 0.374. The van der Waals surface area contributed by atoms with Gasteiger partial charge in [-0.05, 0) is 41.1 Å². The second-order valence-corrected chi connectivity index (χ2v) is 4.16. The van der Waals surface area contributed by atoms with E-state index in [2.05, 4.69) is 28.7 Å². The van der Waals surface area contributed by atoms with Gasteiger partial charge >= 0.3 is 0 Å². The van der Waals surface area contributed by atoms with E-state index in [1.807, 2.05) is 25.1 Å². The van der Waals surface area contributed by atoms with Gasteiger partial charge in [0.05, 0.1) is 12.5 Å². The lowest BCUT2D eigenvalue weighted by Crippen LogP contribution is -2.11. The van der Waals surface area contributed by atoms with Crippen LogP contribution in [0.15, 0.2) is 18.2 Å². The van der Waals surface area contributed by atoms with E-state index in [9.17, 15) is 0 Å². The van der Waals surface area contributed by atoms with Crippen LogP contribution in [0.2, 0.25) is 0 Å². The van der Waals surface area contributed by atoms with Gasteiger partial charge in [-0.15, -0.1) is 0 Å². The number of hydrogen-bond donors (Lipinski definition) is 1. The molecular weight excluding hydrogens is 275 g/mol. The first-order valence-corrected chi connectivity index (χ1v) is 5.11. The van der Waals surface area contributed by atoms with Crippen molar-refractivity contribution in [1.82, 2.24) is 0 Å². The van der Waals surface area contributed by atoms with Crippen LogP contribution in [-0.2, 0) is 0 Å². The molecule has 2 nitrogen and oxygen atoms in total. The molecule has 1 aromatic rings. The van der Waals surface area contributed by atoms with Crippen LogP contribution in [0.5, 0.6) is 0 Å². The van der Waals surface area contributed by atoms with Crippen LogP contribution in [0.4, 0.5) is 0 Å². The van der Waals surface area contributed by atoms with Crippen molar-refractivity contribution in [3.05, 3.63) is 32.9 Å². The van der Waals surface area contributed by atoms with Crippen molar-refractivity contribution in [3.8, 4) is 6.07 Å². The van der Waals surface area contributed by atoms with Crippen LogP contribution in [0.3, 0.4) is 0 Å². The number of nitrogens with zero attached hydrogens (tertiary/aromatic N) is 1. The highest BCUT2D eigenvalue weighted by Gasteiger charge is 2.08. The van der Waals surface area contributed by atoms with E-state index in [0.717, 1.165) is 9.13 Å². The van der Waals surface area contributed by atoms with Gasteiger partial charge in [0, 0.05) is 9.61 Å². The minimum Gasteiger partial charge on any atom is -0.323 e. The molecule has 0 aliphatic heterocycles. The average molecular weight is 286 g/mol. The Bertz CT molecular complexity index is 341. The smallest absolute Gasteiger partial charge is 0.0641 e. The van der Waals surface area contributed by atoms with E-state index in [4.69, 9.17) is 11.0 Å². The normalized spacial score (nSPS) is 12.2. The van der Waals surface area contributed by atoms with Gasteiger partial charge in [0.25, 0.3) is 0 Å². The minimum atomic E-state index is -0.156. The van der Waals surface area contributed by atoms with Crippen molar-refractivity contribution < 1.29 is 0 Å². The zero-order valence-corrected chi connectivity index (χ0v) is 9.58. The van der Waals surface area contributed by atoms with Crippen molar-refractivity contribution >= 4 is 22.6 Å². The van der Waals surface area contributed by atoms with Gasteiger partial charge in [0.1, 0.15) is 0 Å². The number of aryl methyl sites for hydroxylation is 1. The van der Waals surface area contributed by atoms with Crippen LogP contribution < -0.4 is 5.73 Å². The summed E-state index contributed by atoms with van der Waals surface area (Å²) in [7, 11) is 0. The van der Waals surface area contributed by atoms with Crippen LogP contribution in [0.25, 0.3) is 0 Å². The summed E-state index contributed by atoms with van der Waals surface area (Å²) in [6, 6.07) is 8.05. The molecule has 1 rings (SSSR count). The largest absolute Gasteiger partial charge is 0.323 e. The summed E-state index contributed by atoms with van der Waals surface area (Å²) in [6.45, 7) is 2.03. The van der Waals surface area contributed by atoms with Crippen LogP contribution in [0, 0.1) is 21.8 Å². The van der Waals surface area contributed by atoms with Crippen LogP contribution in [0.1, 0.15) is 23.6 Å². The Labute approximate surface area is 91.9 Å². The SMILES string of the molecule is Cc1ccc(I)c([C@@H](N)CC#N)c1. The number of benzene rings is 1. The number of halogens is 1. The van der Waals surface area contributed by atoms with Crippen molar-refractivity contribution in [2.75, 3.05) is 0 Å². The molecule has 3 heteroatoms. The molecule has 1 aromatic carbocycles. The maximum absolute atomic E-state index is 8.53. The summed E-state index contributed by atoms with van der Waals surface area (Å²) >= 11 is 2.24. The lowest BCUT2D eigenvalue weighted by atomic mass is 10.0. The molecule has 0 unspecified atom stereocenters. The van der Waals surface area contributed by atoms with Gasteiger partial charge in [-0.3, -0.25) is 0 Å². The fraction of sp³-hybridized carbons (Fsp3) is 0.300. The van der Waals surface area contributed by atoms with E-state index < -0.39 is 0 Å². The lowest BCUT2D eigenvalue weighted by Gasteiger charge is -2.10. The second kappa shape index (κ2) is 4.58. The van der Waals surface area contributed by atoms with E-state index in [1.165, 1.54) is 5.56 Å². The van der Waals surface area contributed by atoms with Gasteiger partial charge in [-0.2, -0.15) is 5.26 Å². The molecule has 1 atom stereocenters. The first kappa shape index (κ1) is 10.5. The summed E-state index contributed by atoms with van der Waals surface area (Å²) < 4.78 is 1.13. The first-order chi connectivity index (χ1) is 6.15. The Morgan fingerprint density at radius 3 is 2.92 bits per heavy atom. The minimum absolute atomic E-state index is 0.156. The monoisotopic (exact) mass is 286 g/mol. The summed E-state index contributed by atoms with van der Waals surface area (Å²) in [5, 5.41) is 8.53. The Morgan fingerprint density at radius 1 is 1.62 bits per heavy atom. The predicted octanol–water partition coefficient (Wildman–Crippen LogP) is 2.51. The summed E-state index contributed by atoms with van der Waals surface area (Å²) in [5.41, 5.74) is 8.10. The fourth-order valence-electron chi connectivity index (χ4n) is 1.16. The average Bonchev–Trinajstić information content (AvgIpc) is 2.09. The summed E-state index contributed by atoms with van der Waals surface area (Å²) in [5.74, 6) is 0. The maximum Gasteiger partial charge on any atom is 0.0641 e. The molecule has 0 spiro atoms. The summed E-state index contributed by atoms with van der Waals surface area (Å²) in [4.78, 5) is 0. The van der Waals surface area contributed by atoms with Crippen LogP contribution in [-0.4, -0.2) is 0 Å². The Morgan fingerprint density at radius 2 is 2.31 bits per heavy atom. The Hall–Kier alpha value is -0.600. The highest BCUT2D eigenvalue weighted by atomic mass is 127. The van der Waals surface area contributed by atoms with Crippen molar-refractivity contribution in [3.63, 3.8) is 0 Å². The van der Waals surface area contributed by atoms with Crippen molar-refractivity contribution in [1.29, 1.82) is 5.26 Å². The molecule has 0 bridgehead atoms. The Balaban J connectivity index is 3.00. The third-order valence-corrected chi connectivity index (χ3v) is 2.84. The zero-order valence-electron chi connectivity index (χ0n) is 7.42. The third-order valence-electron chi connectivity index (χ3n) is 1.86. The number of rotatable bonds is 2. The molecular formula is C10H11IN2. The molecule has 0 aliphatic rings. The van der Waals surface area contributed by atoms with Gasteiger partial charge in [-0.25, -0.2) is 0 Å². The molecule has 0 heterocycles. The Kier molecular flexibility index (Phi) is 3.70. The second-order valence-electron chi connectivity index (χ2n) is 2.99. The molecule has 13 heavy (non-hydrogen) atoms. The van der Waals surface area contributed by atoms with Gasteiger partial charge in [-0.1, -0.05) is 17.7 Å². The van der Waals surface area contributed by atoms with E-state index >= 15 is 0 Å². The van der Waals surface area contributed by atoms with Crippen molar-refractivity contribution in [2.24, 2.45) is 5.73 Å². The standard InChI is InChI=1S/C10H11IN2/c1-7-2-3-9(11)8(6-7)10(13)4-5-12/h2-3,6,10H,4,13H2,1H3/t10-/m0/s1. The number of nitriles is 1.